The van der Waals surface area contributed by atoms with Crippen LogP contribution in [0.3, 0.4) is 0 Å². The van der Waals surface area contributed by atoms with Crippen molar-refractivity contribution in [1.29, 1.82) is 0 Å². The molecule has 0 bridgehead atoms. The van der Waals surface area contributed by atoms with E-state index >= 15 is 0 Å². The summed E-state index contributed by atoms with van der Waals surface area (Å²) >= 11 is 0. The highest BCUT2D eigenvalue weighted by molar-refractivity contribution is 5.79. The maximum absolute atomic E-state index is 13.5. The van der Waals surface area contributed by atoms with Crippen LogP contribution in [0.4, 0.5) is 14.7 Å². The van der Waals surface area contributed by atoms with Crippen LogP contribution in [0.2, 0.25) is 0 Å². The van der Waals surface area contributed by atoms with Gasteiger partial charge in [0.1, 0.15) is 11.3 Å². The fraction of sp³-hybridized carbons (Fsp3) is 0.417. The summed E-state index contributed by atoms with van der Waals surface area (Å²) in [4.78, 5) is 3.91. The first-order valence-electron chi connectivity index (χ1n) is 5.75. The number of rotatable bonds is 4. The lowest BCUT2D eigenvalue weighted by molar-refractivity contribution is 0.0652. The van der Waals surface area contributed by atoms with E-state index in [9.17, 15) is 8.78 Å². The van der Waals surface area contributed by atoms with Crippen molar-refractivity contribution in [1.82, 2.24) is 9.55 Å². The van der Waals surface area contributed by atoms with Crippen LogP contribution in [-0.4, -0.2) is 22.3 Å². The third kappa shape index (κ3) is 2.28. The first-order valence-corrected chi connectivity index (χ1v) is 5.75. The van der Waals surface area contributed by atoms with E-state index in [1.165, 1.54) is 6.07 Å². The largest absolute Gasteiger partial charge is 0.377 e. The second kappa shape index (κ2) is 4.89. The molecule has 0 aliphatic carbocycles. The number of fused-ring (bicyclic) bond motifs is 1. The zero-order valence-corrected chi connectivity index (χ0v) is 10.3. The molecule has 1 heterocycles. The van der Waals surface area contributed by atoms with E-state index in [1.54, 1.807) is 4.57 Å². The highest BCUT2D eigenvalue weighted by Gasteiger charge is 2.15. The molecule has 2 aromatic rings. The number of nitrogen functional groups attached to an aromatic ring is 1. The van der Waals surface area contributed by atoms with Gasteiger partial charge < -0.3 is 15.0 Å². The number of imidazole rings is 1. The molecule has 1 aromatic heterocycles. The third-order valence-corrected chi connectivity index (χ3v) is 2.69. The zero-order chi connectivity index (χ0) is 13.3. The molecule has 2 rings (SSSR count). The predicted molar refractivity (Wildman–Crippen MR) is 65.1 cm³/mol. The molecule has 0 spiro atoms. The normalized spacial score (nSPS) is 13.1. The standard InChI is InChI=1S/C12H15F2N3O/c1-3-18-7(2)6-17-10-5-8(13)4-9(14)11(10)16-12(17)15/h4-5,7H,3,6H2,1-2H3,(H2,15,16). The van der Waals surface area contributed by atoms with Gasteiger partial charge in [-0.1, -0.05) is 0 Å². The monoisotopic (exact) mass is 255 g/mol. The Balaban J connectivity index is 2.46. The van der Waals surface area contributed by atoms with Gasteiger partial charge in [-0.25, -0.2) is 13.8 Å². The van der Waals surface area contributed by atoms with Gasteiger partial charge in [-0.2, -0.15) is 0 Å². The lowest BCUT2D eigenvalue weighted by atomic mass is 10.3. The van der Waals surface area contributed by atoms with Crippen LogP contribution in [0.25, 0.3) is 11.0 Å². The Hall–Kier alpha value is -1.69. The van der Waals surface area contributed by atoms with Crippen LogP contribution in [0.15, 0.2) is 12.1 Å². The lowest BCUT2D eigenvalue weighted by Crippen LogP contribution is -2.17. The van der Waals surface area contributed by atoms with E-state index in [1.807, 2.05) is 13.8 Å². The zero-order valence-electron chi connectivity index (χ0n) is 10.3. The number of hydrogen-bond acceptors (Lipinski definition) is 3. The molecule has 0 saturated heterocycles. The Morgan fingerprint density at radius 1 is 1.44 bits per heavy atom. The molecular formula is C12H15F2N3O. The summed E-state index contributed by atoms with van der Waals surface area (Å²) in [5.74, 6) is -1.20. The summed E-state index contributed by atoms with van der Waals surface area (Å²) in [6.07, 6.45) is -0.110. The SMILES string of the molecule is CCOC(C)Cn1c(N)nc2c(F)cc(F)cc21. The highest BCUT2D eigenvalue weighted by atomic mass is 19.1. The maximum Gasteiger partial charge on any atom is 0.201 e. The summed E-state index contributed by atoms with van der Waals surface area (Å²) in [6.45, 7) is 4.71. The number of hydrogen-bond donors (Lipinski definition) is 1. The Morgan fingerprint density at radius 2 is 2.17 bits per heavy atom. The molecule has 18 heavy (non-hydrogen) atoms. The average Bonchev–Trinajstić information content (AvgIpc) is 2.58. The molecule has 0 amide bonds. The minimum atomic E-state index is -0.709. The van der Waals surface area contributed by atoms with E-state index in [0.717, 1.165) is 6.07 Å². The molecule has 0 fully saturated rings. The molecule has 6 heteroatoms. The van der Waals surface area contributed by atoms with Crippen LogP contribution >= 0.6 is 0 Å². The smallest absolute Gasteiger partial charge is 0.201 e. The Labute approximate surface area is 103 Å². The second-order valence-electron chi connectivity index (χ2n) is 4.10. The minimum absolute atomic E-state index is 0.0811. The van der Waals surface area contributed by atoms with E-state index in [-0.39, 0.29) is 17.6 Å². The van der Waals surface area contributed by atoms with E-state index in [4.69, 9.17) is 10.5 Å². The summed E-state index contributed by atoms with van der Waals surface area (Å²) in [6, 6.07) is 2.02. The number of anilines is 1. The second-order valence-corrected chi connectivity index (χ2v) is 4.10. The fourth-order valence-corrected chi connectivity index (χ4v) is 1.95. The lowest BCUT2D eigenvalue weighted by Gasteiger charge is -2.13. The van der Waals surface area contributed by atoms with Gasteiger partial charge in [0.25, 0.3) is 0 Å². The van der Waals surface area contributed by atoms with Gasteiger partial charge >= 0.3 is 0 Å². The number of nitrogens with two attached hydrogens (primary N) is 1. The number of nitrogens with zero attached hydrogens (tertiary/aromatic N) is 2. The number of halogens is 2. The Morgan fingerprint density at radius 3 is 2.83 bits per heavy atom. The number of benzene rings is 1. The van der Waals surface area contributed by atoms with Crippen molar-refractivity contribution in [3.8, 4) is 0 Å². The van der Waals surface area contributed by atoms with Crippen molar-refractivity contribution in [2.24, 2.45) is 0 Å². The maximum atomic E-state index is 13.5. The van der Waals surface area contributed by atoms with Crippen LogP contribution in [0.5, 0.6) is 0 Å². The van der Waals surface area contributed by atoms with Crippen LogP contribution in [0.1, 0.15) is 13.8 Å². The van der Waals surface area contributed by atoms with Crippen LogP contribution in [-0.2, 0) is 11.3 Å². The van der Waals surface area contributed by atoms with Crippen molar-refractivity contribution in [2.75, 3.05) is 12.3 Å². The molecule has 0 saturated carbocycles. The summed E-state index contributed by atoms with van der Waals surface area (Å²) < 4.78 is 33.7. The number of ether oxygens (including phenoxy) is 1. The van der Waals surface area contributed by atoms with Gasteiger partial charge in [0.2, 0.25) is 5.95 Å². The first kappa shape index (κ1) is 12.8. The first-order chi connectivity index (χ1) is 8.52. The van der Waals surface area contributed by atoms with Gasteiger partial charge in [0, 0.05) is 18.7 Å². The minimum Gasteiger partial charge on any atom is -0.377 e. The van der Waals surface area contributed by atoms with E-state index < -0.39 is 11.6 Å². The van der Waals surface area contributed by atoms with Crippen LogP contribution in [0, 0.1) is 11.6 Å². The van der Waals surface area contributed by atoms with E-state index in [0.29, 0.717) is 18.7 Å². The highest BCUT2D eigenvalue weighted by Crippen LogP contribution is 2.22. The van der Waals surface area contributed by atoms with Gasteiger partial charge in [-0.3, -0.25) is 0 Å². The molecule has 0 aliphatic rings. The molecule has 0 radical (unpaired) electrons. The molecule has 98 valence electrons. The van der Waals surface area contributed by atoms with Gasteiger partial charge in [0.05, 0.1) is 18.2 Å². The molecule has 1 atom stereocenters. The molecule has 1 aromatic carbocycles. The average molecular weight is 255 g/mol. The quantitative estimate of drug-likeness (QED) is 0.912. The van der Waals surface area contributed by atoms with Crippen molar-refractivity contribution < 1.29 is 13.5 Å². The molecule has 0 aliphatic heterocycles. The van der Waals surface area contributed by atoms with Crippen molar-refractivity contribution in [3.63, 3.8) is 0 Å². The molecule has 4 nitrogen and oxygen atoms in total. The topological polar surface area (TPSA) is 53.1 Å². The summed E-state index contributed by atoms with van der Waals surface area (Å²) in [5.41, 5.74) is 6.15. The molecular weight excluding hydrogens is 240 g/mol. The fourth-order valence-electron chi connectivity index (χ4n) is 1.95. The summed E-state index contributed by atoms with van der Waals surface area (Å²) in [5, 5.41) is 0. The third-order valence-electron chi connectivity index (χ3n) is 2.69. The molecule has 1 unspecified atom stereocenters. The van der Waals surface area contributed by atoms with Gasteiger partial charge in [-0.05, 0) is 13.8 Å². The van der Waals surface area contributed by atoms with Crippen molar-refractivity contribution in [3.05, 3.63) is 23.8 Å². The summed E-state index contributed by atoms with van der Waals surface area (Å²) in [7, 11) is 0. The van der Waals surface area contributed by atoms with Crippen molar-refractivity contribution >= 4 is 17.0 Å². The van der Waals surface area contributed by atoms with Gasteiger partial charge in [0.15, 0.2) is 5.82 Å². The molecule has 2 N–H and O–H groups in total. The van der Waals surface area contributed by atoms with Gasteiger partial charge in [-0.15, -0.1) is 0 Å². The van der Waals surface area contributed by atoms with E-state index in [2.05, 4.69) is 4.98 Å². The van der Waals surface area contributed by atoms with Crippen molar-refractivity contribution in [2.45, 2.75) is 26.5 Å². The number of aromatic nitrogens is 2. The Kier molecular flexibility index (Phi) is 3.47. The van der Waals surface area contributed by atoms with Crippen LogP contribution < -0.4 is 5.73 Å². The predicted octanol–water partition coefficient (Wildman–Crippen LogP) is 2.32. The Bertz CT molecular complexity index is 568.